The maximum absolute atomic E-state index is 9.85. The van der Waals surface area contributed by atoms with Crippen molar-refractivity contribution in [3.05, 3.63) is 46.5 Å². The van der Waals surface area contributed by atoms with Gasteiger partial charge in [0.1, 0.15) is 0 Å². The molecule has 1 aliphatic rings. The van der Waals surface area contributed by atoms with E-state index < -0.39 is 5.60 Å². The Morgan fingerprint density at radius 1 is 1.33 bits per heavy atom. The van der Waals surface area contributed by atoms with E-state index in [0.29, 0.717) is 18.4 Å². The van der Waals surface area contributed by atoms with Gasteiger partial charge in [0.15, 0.2) is 0 Å². The molecule has 2 rings (SSSR count). The summed E-state index contributed by atoms with van der Waals surface area (Å²) in [6.45, 7) is 10.3. The van der Waals surface area contributed by atoms with E-state index in [4.69, 9.17) is 0 Å². The molecule has 1 fully saturated rings. The standard InChI is InChI=1S/C18H26BrNO/c1-13(2)14(3)17(15-4-6-16(19)7-5-15)8-11-20-12-18(21)9-10-18/h4-7,13,17,20-21H,3,8-12H2,1-2H3/t17-/m0/s1. The van der Waals surface area contributed by atoms with Crippen molar-refractivity contribution in [1.82, 2.24) is 5.32 Å². The molecule has 0 spiro atoms. The Hall–Kier alpha value is -0.640. The summed E-state index contributed by atoms with van der Waals surface area (Å²) in [5.41, 5.74) is 2.19. The van der Waals surface area contributed by atoms with Crippen LogP contribution in [0.2, 0.25) is 0 Å². The molecular weight excluding hydrogens is 326 g/mol. The van der Waals surface area contributed by atoms with Crippen LogP contribution >= 0.6 is 15.9 Å². The third kappa shape index (κ3) is 4.94. The second kappa shape index (κ2) is 7.08. The van der Waals surface area contributed by atoms with Gasteiger partial charge in [-0.2, -0.15) is 0 Å². The van der Waals surface area contributed by atoms with Crippen LogP contribution in [0.3, 0.4) is 0 Å². The molecule has 0 aromatic heterocycles. The Bertz CT molecular complexity index is 476. The van der Waals surface area contributed by atoms with Gasteiger partial charge in [-0.25, -0.2) is 0 Å². The number of rotatable bonds is 8. The van der Waals surface area contributed by atoms with Gasteiger partial charge in [-0.15, -0.1) is 0 Å². The minimum absolute atomic E-state index is 0.374. The molecule has 0 saturated heterocycles. The van der Waals surface area contributed by atoms with E-state index in [1.54, 1.807) is 0 Å². The lowest BCUT2D eigenvalue weighted by Gasteiger charge is -2.23. The molecule has 1 saturated carbocycles. The molecule has 3 heteroatoms. The fourth-order valence-electron chi connectivity index (χ4n) is 2.55. The number of benzene rings is 1. The number of aliphatic hydroxyl groups is 1. The van der Waals surface area contributed by atoms with Crippen molar-refractivity contribution in [1.29, 1.82) is 0 Å². The fourth-order valence-corrected chi connectivity index (χ4v) is 2.82. The van der Waals surface area contributed by atoms with E-state index in [-0.39, 0.29) is 0 Å². The average molecular weight is 352 g/mol. The zero-order chi connectivity index (χ0) is 15.5. The minimum Gasteiger partial charge on any atom is -0.389 e. The Kier molecular flexibility index (Phi) is 5.64. The van der Waals surface area contributed by atoms with Gasteiger partial charge in [-0.3, -0.25) is 0 Å². The van der Waals surface area contributed by atoms with E-state index in [1.165, 1.54) is 11.1 Å². The molecule has 21 heavy (non-hydrogen) atoms. The van der Waals surface area contributed by atoms with Crippen molar-refractivity contribution in [2.75, 3.05) is 13.1 Å². The molecular formula is C18H26BrNO. The van der Waals surface area contributed by atoms with E-state index in [0.717, 1.165) is 30.3 Å². The lowest BCUT2D eigenvalue weighted by Crippen LogP contribution is -2.29. The summed E-state index contributed by atoms with van der Waals surface area (Å²) in [5, 5.41) is 13.2. The summed E-state index contributed by atoms with van der Waals surface area (Å²) in [6.07, 6.45) is 2.90. The van der Waals surface area contributed by atoms with Gasteiger partial charge >= 0.3 is 0 Å². The first-order valence-electron chi connectivity index (χ1n) is 7.78. The van der Waals surface area contributed by atoms with Crippen molar-refractivity contribution in [3.8, 4) is 0 Å². The van der Waals surface area contributed by atoms with Crippen LogP contribution < -0.4 is 5.32 Å². The van der Waals surface area contributed by atoms with Crippen molar-refractivity contribution in [3.63, 3.8) is 0 Å². The molecule has 0 unspecified atom stereocenters. The van der Waals surface area contributed by atoms with E-state index in [1.807, 2.05) is 0 Å². The lowest BCUT2D eigenvalue weighted by atomic mass is 9.83. The number of halogens is 1. The van der Waals surface area contributed by atoms with Crippen LogP contribution in [-0.2, 0) is 0 Å². The zero-order valence-corrected chi connectivity index (χ0v) is 14.6. The fraction of sp³-hybridized carbons (Fsp3) is 0.556. The summed E-state index contributed by atoms with van der Waals surface area (Å²) >= 11 is 3.49. The van der Waals surface area contributed by atoms with Gasteiger partial charge in [-0.1, -0.05) is 54.1 Å². The van der Waals surface area contributed by atoms with E-state index in [2.05, 4.69) is 65.9 Å². The highest BCUT2D eigenvalue weighted by molar-refractivity contribution is 9.10. The van der Waals surface area contributed by atoms with Crippen LogP contribution in [-0.4, -0.2) is 23.8 Å². The molecule has 0 bridgehead atoms. The summed E-state index contributed by atoms with van der Waals surface area (Å²) in [7, 11) is 0. The molecule has 1 aromatic carbocycles. The van der Waals surface area contributed by atoms with E-state index >= 15 is 0 Å². The van der Waals surface area contributed by atoms with Crippen LogP contribution in [0, 0.1) is 5.92 Å². The summed E-state index contributed by atoms with van der Waals surface area (Å²) in [6, 6.07) is 8.54. The Balaban J connectivity index is 1.95. The Labute approximate surface area is 136 Å². The maximum atomic E-state index is 9.85. The molecule has 0 amide bonds. The molecule has 0 radical (unpaired) electrons. The Morgan fingerprint density at radius 3 is 2.48 bits per heavy atom. The van der Waals surface area contributed by atoms with Crippen LogP contribution in [0.15, 0.2) is 40.9 Å². The van der Waals surface area contributed by atoms with Crippen molar-refractivity contribution < 1.29 is 5.11 Å². The third-order valence-corrected chi connectivity index (χ3v) is 4.88. The highest BCUT2D eigenvalue weighted by Gasteiger charge is 2.39. The van der Waals surface area contributed by atoms with Gasteiger partial charge in [0, 0.05) is 16.9 Å². The van der Waals surface area contributed by atoms with Crippen LogP contribution in [0.4, 0.5) is 0 Å². The summed E-state index contributed by atoms with van der Waals surface area (Å²) < 4.78 is 1.11. The molecule has 2 N–H and O–H groups in total. The first-order chi connectivity index (χ1) is 9.91. The first kappa shape index (κ1) is 16.7. The van der Waals surface area contributed by atoms with Crippen molar-refractivity contribution >= 4 is 15.9 Å². The molecule has 116 valence electrons. The number of hydrogen-bond acceptors (Lipinski definition) is 2. The first-order valence-corrected chi connectivity index (χ1v) is 8.58. The quantitative estimate of drug-likeness (QED) is 0.542. The molecule has 0 heterocycles. The second-order valence-electron chi connectivity index (χ2n) is 6.52. The van der Waals surface area contributed by atoms with Crippen LogP contribution in [0.25, 0.3) is 0 Å². The van der Waals surface area contributed by atoms with Gasteiger partial charge in [-0.05, 0) is 49.4 Å². The maximum Gasteiger partial charge on any atom is 0.0773 e. The molecule has 1 atom stereocenters. The van der Waals surface area contributed by atoms with Crippen LogP contribution in [0.1, 0.15) is 44.6 Å². The average Bonchev–Trinajstić information content (AvgIpc) is 3.18. The smallest absolute Gasteiger partial charge is 0.0773 e. The van der Waals surface area contributed by atoms with Crippen molar-refractivity contribution in [2.24, 2.45) is 5.92 Å². The second-order valence-corrected chi connectivity index (χ2v) is 7.44. The summed E-state index contributed by atoms with van der Waals surface area (Å²) in [4.78, 5) is 0. The zero-order valence-electron chi connectivity index (χ0n) is 13.0. The molecule has 2 nitrogen and oxygen atoms in total. The lowest BCUT2D eigenvalue weighted by molar-refractivity contribution is 0.148. The SMILES string of the molecule is C=C(C(C)C)[C@H](CCNCC1(O)CC1)c1ccc(Br)cc1. The molecule has 1 aliphatic carbocycles. The Morgan fingerprint density at radius 2 is 1.95 bits per heavy atom. The largest absolute Gasteiger partial charge is 0.389 e. The predicted octanol–water partition coefficient (Wildman–Crippen LogP) is 4.25. The molecule has 0 aliphatic heterocycles. The van der Waals surface area contributed by atoms with Gasteiger partial charge in [0.2, 0.25) is 0 Å². The summed E-state index contributed by atoms with van der Waals surface area (Å²) in [5.74, 6) is 0.853. The van der Waals surface area contributed by atoms with Crippen molar-refractivity contribution in [2.45, 2.75) is 44.6 Å². The van der Waals surface area contributed by atoms with Gasteiger partial charge in [0.25, 0.3) is 0 Å². The highest BCUT2D eigenvalue weighted by Crippen LogP contribution is 2.34. The van der Waals surface area contributed by atoms with Crippen LogP contribution in [0.5, 0.6) is 0 Å². The van der Waals surface area contributed by atoms with Gasteiger partial charge < -0.3 is 10.4 Å². The monoisotopic (exact) mass is 351 g/mol. The number of nitrogens with one attached hydrogen (secondary N) is 1. The normalized spacial score (nSPS) is 17.8. The highest BCUT2D eigenvalue weighted by atomic mass is 79.9. The third-order valence-electron chi connectivity index (χ3n) is 4.35. The predicted molar refractivity (Wildman–Crippen MR) is 92.5 cm³/mol. The number of hydrogen-bond donors (Lipinski definition) is 2. The van der Waals surface area contributed by atoms with Gasteiger partial charge in [0.05, 0.1) is 5.60 Å². The molecule has 1 aromatic rings. The topological polar surface area (TPSA) is 32.3 Å². The number of allylic oxidation sites excluding steroid dienone is 1. The minimum atomic E-state index is -0.415. The van der Waals surface area contributed by atoms with E-state index in [9.17, 15) is 5.11 Å².